The number of pyridine rings is 1. The van der Waals surface area contributed by atoms with Gasteiger partial charge in [-0.3, -0.25) is 4.98 Å². The van der Waals surface area contributed by atoms with E-state index < -0.39 is 0 Å². The maximum atomic E-state index is 5.85. The molecule has 0 aliphatic carbocycles. The number of rotatable bonds is 3. The third-order valence-electron chi connectivity index (χ3n) is 2.24. The van der Waals surface area contributed by atoms with Gasteiger partial charge in [0.2, 0.25) is 0 Å². The molecule has 0 saturated carbocycles. The van der Waals surface area contributed by atoms with Gasteiger partial charge in [0.1, 0.15) is 0 Å². The molecule has 0 saturated heterocycles. The van der Waals surface area contributed by atoms with Crippen molar-refractivity contribution in [2.75, 3.05) is 12.8 Å². The number of ether oxygens (including phenoxy) is 1. The molecule has 3 heteroatoms. The highest BCUT2D eigenvalue weighted by atomic mass is 16.5. The Labute approximate surface area is 84.6 Å². The Morgan fingerprint density at radius 2 is 2.21 bits per heavy atom. The predicted octanol–water partition coefficient (Wildman–Crippen LogP) is 2.40. The first-order chi connectivity index (χ1) is 6.57. The van der Waals surface area contributed by atoms with Crippen molar-refractivity contribution in [2.24, 2.45) is 0 Å². The van der Waals surface area contributed by atoms with E-state index in [0.717, 1.165) is 16.7 Å². The third-order valence-corrected chi connectivity index (χ3v) is 2.24. The lowest BCUT2D eigenvalue weighted by molar-refractivity contribution is 0.120. The van der Waals surface area contributed by atoms with Crippen molar-refractivity contribution < 1.29 is 4.74 Å². The van der Waals surface area contributed by atoms with Crippen molar-refractivity contribution >= 4 is 11.3 Å². The molecule has 0 spiro atoms. The van der Waals surface area contributed by atoms with Crippen LogP contribution in [-0.2, 0) is 4.74 Å². The van der Waals surface area contributed by atoms with Gasteiger partial charge in [0.15, 0.2) is 0 Å². The molecular formula is C11H16N2O. The van der Waals surface area contributed by atoms with Crippen LogP contribution in [-0.4, -0.2) is 12.1 Å². The quantitative estimate of drug-likeness (QED) is 0.800. The number of nitrogen functional groups attached to an aromatic ring is 1. The lowest BCUT2D eigenvalue weighted by Gasteiger charge is -2.16. The average molecular weight is 192 g/mol. The lowest BCUT2D eigenvalue weighted by Crippen LogP contribution is -2.05. The fourth-order valence-electron chi connectivity index (χ4n) is 1.40. The van der Waals surface area contributed by atoms with Gasteiger partial charge in [-0.05, 0) is 19.4 Å². The van der Waals surface area contributed by atoms with Gasteiger partial charge in [-0.15, -0.1) is 0 Å². The zero-order valence-electron chi connectivity index (χ0n) is 8.87. The first-order valence-electron chi connectivity index (χ1n) is 4.50. The Morgan fingerprint density at radius 1 is 1.57 bits per heavy atom. The van der Waals surface area contributed by atoms with Gasteiger partial charge in [-0.2, -0.15) is 0 Å². The summed E-state index contributed by atoms with van der Waals surface area (Å²) in [7, 11) is 1.66. The zero-order valence-corrected chi connectivity index (χ0v) is 8.87. The fourth-order valence-corrected chi connectivity index (χ4v) is 1.40. The van der Waals surface area contributed by atoms with E-state index in [-0.39, 0.29) is 6.10 Å². The van der Waals surface area contributed by atoms with Crippen LogP contribution in [0.4, 0.5) is 5.69 Å². The normalized spacial score (nSPS) is 12.5. The molecule has 0 fully saturated rings. The summed E-state index contributed by atoms with van der Waals surface area (Å²) in [4.78, 5) is 4.04. The standard InChI is InChI=1S/C11H16N2O/c1-7(2)9-5-13-6-10(12)11(9)8(3)14-4/h5-6,8H,1,12H2,2-4H3. The first-order valence-corrected chi connectivity index (χ1v) is 4.50. The zero-order chi connectivity index (χ0) is 10.7. The highest BCUT2D eigenvalue weighted by molar-refractivity contribution is 5.69. The molecule has 1 aromatic heterocycles. The first kappa shape index (κ1) is 10.7. The highest BCUT2D eigenvalue weighted by Gasteiger charge is 2.13. The largest absolute Gasteiger partial charge is 0.397 e. The molecule has 0 bridgehead atoms. The van der Waals surface area contributed by atoms with Gasteiger partial charge in [0.25, 0.3) is 0 Å². The Morgan fingerprint density at radius 3 is 2.71 bits per heavy atom. The molecule has 0 radical (unpaired) electrons. The molecular weight excluding hydrogens is 176 g/mol. The minimum Gasteiger partial charge on any atom is -0.397 e. The minimum atomic E-state index is -0.0373. The van der Waals surface area contributed by atoms with Crippen LogP contribution in [0.5, 0.6) is 0 Å². The molecule has 0 amide bonds. The Hall–Kier alpha value is -1.35. The van der Waals surface area contributed by atoms with Gasteiger partial charge in [0.05, 0.1) is 18.0 Å². The summed E-state index contributed by atoms with van der Waals surface area (Å²) in [5, 5.41) is 0. The molecule has 1 heterocycles. The van der Waals surface area contributed by atoms with Crippen molar-refractivity contribution in [2.45, 2.75) is 20.0 Å². The number of aromatic nitrogens is 1. The van der Waals surface area contributed by atoms with E-state index in [1.54, 1.807) is 19.5 Å². The van der Waals surface area contributed by atoms with E-state index in [1.165, 1.54) is 0 Å². The van der Waals surface area contributed by atoms with E-state index >= 15 is 0 Å². The molecule has 2 N–H and O–H groups in total. The van der Waals surface area contributed by atoms with E-state index in [1.807, 2.05) is 13.8 Å². The van der Waals surface area contributed by atoms with Crippen LogP contribution in [0.25, 0.3) is 5.57 Å². The van der Waals surface area contributed by atoms with Crippen molar-refractivity contribution in [3.8, 4) is 0 Å². The summed E-state index contributed by atoms with van der Waals surface area (Å²) in [5.74, 6) is 0. The molecule has 14 heavy (non-hydrogen) atoms. The van der Waals surface area contributed by atoms with E-state index in [4.69, 9.17) is 10.5 Å². The van der Waals surface area contributed by atoms with Gasteiger partial charge in [0, 0.05) is 24.4 Å². The number of anilines is 1. The lowest BCUT2D eigenvalue weighted by atomic mass is 9.99. The maximum Gasteiger partial charge on any atom is 0.0820 e. The van der Waals surface area contributed by atoms with Crippen LogP contribution in [0.15, 0.2) is 19.0 Å². The molecule has 1 atom stereocenters. The van der Waals surface area contributed by atoms with Crippen LogP contribution in [0, 0.1) is 0 Å². The second-order valence-electron chi connectivity index (χ2n) is 3.35. The topological polar surface area (TPSA) is 48.1 Å². The molecule has 76 valence electrons. The smallest absolute Gasteiger partial charge is 0.0820 e. The molecule has 0 aromatic carbocycles. The van der Waals surface area contributed by atoms with Crippen molar-refractivity contribution in [1.29, 1.82) is 0 Å². The number of hydrogen-bond acceptors (Lipinski definition) is 3. The van der Waals surface area contributed by atoms with Crippen LogP contribution in [0.2, 0.25) is 0 Å². The third kappa shape index (κ3) is 1.93. The summed E-state index contributed by atoms with van der Waals surface area (Å²) in [6.45, 7) is 7.78. The maximum absolute atomic E-state index is 5.85. The van der Waals surface area contributed by atoms with Gasteiger partial charge < -0.3 is 10.5 Å². The van der Waals surface area contributed by atoms with Gasteiger partial charge in [-0.1, -0.05) is 6.58 Å². The summed E-state index contributed by atoms with van der Waals surface area (Å²) in [5.41, 5.74) is 9.39. The molecule has 1 unspecified atom stereocenters. The van der Waals surface area contributed by atoms with E-state index in [2.05, 4.69) is 11.6 Å². The Kier molecular flexibility index (Phi) is 3.25. The van der Waals surface area contributed by atoms with Crippen molar-refractivity contribution in [3.05, 3.63) is 30.1 Å². The van der Waals surface area contributed by atoms with E-state index in [9.17, 15) is 0 Å². The number of nitrogens with zero attached hydrogens (tertiary/aromatic N) is 1. The van der Waals surface area contributed by atoms with Crippen molar-refractivity contribution in [3.63, 3.8) is 0 Å². The molecule has 1 aromatic rings. The Balaban J connectivity index is 3.29. The number of methoxy groups -OCH3 is 1. The van der Waals surface area contributed by atoms with Crippen LogP contribution in [0.1, 0.15) is 31.1 Å². The van der Waals surface area contributed by atoms with Crippen molar-refractivity contribution in [1.82, 2.24) is 4.98 Å². The monoisotopic (exact) mass is 192 g/mol. The summed E-state index contributed by atoms with van der Waals surface area (Å²) < 4.78 is 5.26. The molecule has 0 aliphatic rings. The number of hydrogen-bond donors (Lipinski definition) is 1. The fraction of sp³-hybridized carbons (Fsp3) is 0.364. The molecule has 3 nitrogen and oxygen atoms in total. The van der Waals surface area contributed by atoms with Crippen LogP contribution in [0.3, 0.4) is 0 Å². The molecule has 1 rings (SSSR count). The predicted molar refractivity (Wildman–Crippen MR) is 58.8 cm³/mol. The minimum absolute atomic E-state index is 0.0373. The van der Waals surface area contributed by atoms with Gasteiger partial charge >= 0.3 is 0 Å². The van der Waals surface area contributed by atoms with Crippen LogP contribution < -0.4 is 5.73 Å². The summed E-state index contributed by atoms with van der Waals surface area (Å²) >= 11 is 0. The van der Waals surface area contributed by atoms with Crippen LogP contribution >= 0.6 is 0 Å². The molecule has 0 aliphatic heterocycles. The van der Waals surface area contributed by atoms with E-state index in [0.29, 0.717) is 5.69 Å². The number of nitrogens with two attached hydrogens (primary N) is 1. The number of allylic oxidation sites excluding steroid dienone is 1. The van der Waals surface area contributed by atoms with Gasteiger partial charge in [-0.25, -0.2) is 0 Å². The second kappa shape index (κ2) is 4.24. The summed E-state index contributed by atoms with van der Waals surface area (Å²) in [6, 6.07) is 0. The highest BCUT2D eigenvalue weighted by Crippen LogP contribution is 2.29. The summed E-state index contributed by atoms with van der Waals surface area (Å²) in [6.07, 6.45) is 3.37. The SMILES string of the molecule is C=C(C)c1cncc(N)c1C(C)OC. The Bertz CT molecular complexity index is 347. The average Bonchev–Trinajstić information content (AvgIpc) is 2.16. The second-order valence-corrected chi connectivity index (χ2v) is 3.35.